The van der Waals surface area contributed by atoms with E-state index in [9.17, 15) is 0 Å². The molecule has 0 radical (unpaired) electrons. The second-order valence-corrected chi connectivity index (χ2v) is 5.45. The maximum Gasteiger partial charge on any atom is 0.193 e. The van der Waals surface area contributed by atoms with Gasteiger partial charge in [-0.25, -0.2) is 0 Å². The first kappa shape index (κ1) is 19.3. The van der Waals surface area contributed by atoms with Gasteiger partial charge >= 0.3 is 0 Å². The van der Waals surface area contributed by atoms with E-state index in [0.717, 1.165) is 12.2 Å². The zero-order valence-electron chi connectivity index (χ0n) is 13.9. The summed E-state index contributed by atoms with van der Waals surface area (Å²) in [4.78, 5) is 6.54. The van der Waals surface area contributed by atoms with Crippen LogP contribution in [-0.2, 0) is 0 Å². The third-order valence-corrected chi connectivity index (χ3v) is 3.69. The Morgan fingerprint density at radius 2 is 1.78 bits per heavy atom. The second kappa shape index (κ2) is 9.39. The molecule has 4 nitrogen and oxygen atoms in total. The molecule has 0 unspecified atom stereocenters. The molecule has 2 aromatic rings. The van der Waals surface area contributed by atoms with Gasteiger partial charge in [-0.15, -0.1) is 24.0 Å². The summed E-state index contributed by atoms with van der Waals surface area (Å²) in [5, 5.41) is 3.13. The molecular formula is C18H25IN4. The first-order chi connectivity index (χ1) is 10.6. The predicted molar refractivity (Wildman–Crippen MR) is 111 cm³/mol. The van der Waals surface area contributed by atoms with Crippen LogP contribution in [0.3, 0.4) is 0 Å². The van der Waals surface area contributed by atoms with Crippen molar-refractivity contribution in [2.24, 2.45) is 10.7 Å². The van der Waals surface area contributed by atoms with Crippen LogP contribution in [0.2, 0.25) is 0 Å². The molecule has 0 aliphatic rings. The Morgan fingerprint density at radius 1 is 1.09 bits per heavy atom. The molecule has 5 heteroatoms. The van der Waals surface area contributed by atoms with E-state index < -0.39 is 0 Å². The van der Waals surface area contributed by atoms with Gasteiger partial charge in [-0.3, -0.25) is 4.99 Å². The summed E-state index contributed by atoms with van der Waals surface area (Å²) < 4.78 is 0. The Labute approximate surface area is 155 Å². The standard InChI is InChI=1S/C18H24N4.HI/c1-14-9-10-16(13-15(14)2)21-18(19)20-11-12-22(3)17-7-5-4-6-8-17;/h4-10,13H,11-12H2,1-3H3,(H3,19,20,21);1H. The molecule has 0 atom stereocenters. The summed E-state index contributed by atoms with van der Waals surface area (Å²) in [6.07, 6.45) is 0. The topological polar surface area (TPSA) is 53.6 Å². The highest BCUT2D eigenvalue weighted by atomic mass is 127. The van der Waals surface area contributed by atoms with E-state index in [1.54, 1.807) is 0 Å². The fraction of sp³-hybridized carbons (Fsp3) is 0.278. The van der Waals surface area contributed by atoms with E-state index >= 15 is 0 Å². The third kappa shape index (κ3) is 6.09. The highest BCUT2D eigenvalue weighted by Gasteiger charge is 2.00. The number of nitrogens with zero attached hydrogens (tertiary/aromatic N) is 2. The average Bonchev–Trinajstić information content (AvgIpc) is 2.51. The first-order valence-electron chi connectivity index (χ1n) is 7.46. The van der Waals surface area contributed by atoms with Crippen LogP contribution >= 0.6 is 24.0 Å². The van der Waals surface area contributed by atoms with Crippen molar-refractivity contribution in [2.75, 3.05) is 30.4 Å². The van der Waals surface area contributed by atoms with E-state index in [2.05, 4.69) is 60.4 Å². The number of anilines is 2. The number of nitrogens with two attached hydrogens (primary N) is 1. The summed E-state index contributed by atoms with van der Waals surface area (Å²) in [6, 6.07) is 16.4. The number of hydrogen-bond donors (Lipinski definition) is 2. The van der Waals surface area contributed by atoms with Crippen LogP contribution in [0.25, 0.3) is 0 Å². The molecule has 124 valence electrons. The quantitative estimate of drug-likeness (QED) is 0.437. The Hall–Kier alpha value is -1.76. The van der Waals surface area contributed by atoms with Crippen LogP contribution < -0.4 is 16.0 Å². The molecule has 3 N–H and O–H groups in total. The minimum absolute atomic E-state index is 0. The van der Waals surface area contributed by atoms with Gasteiger partial charge in [0.05, 0.1) is 6.54 Å². The Morgan fingerprint density at radius 3 is 2.43 bits per heavy atom. The fourth-order valence-electron chi connectivity index (χ4n) is 2.14. The van der Waals surface area contributed by atoms with Crippen molar-refractivity contribution in [1.82, 2.24) is 0 Å². The minimum atomic E-state index is 0. The van der Waals surface area contributed by atoms with Crippen molar-refractivity contribution in [1.29, 1.82) is 0 Å². The first-order valence-corrected chi connectivity index (χ1v) is 7.46. The molecule has 0 saturated heterocycles. The predicted octanol–water partition coefficient (Wildman–Crippen LogP) is 3.78. The number of likely N-dealkylation sites (N-methyl/N-ethyl adjacent to an activating group) is 1. The summed E-state index contributed by atoms with van der Waals surface area (Å²) in [6.45, 7) is 5.65. The molecular weight excluding hydrogens is 399 g/mol. The van der Waals surface area contributed by atoms with Crippen LogP contribution in [0.5, 0.6) is 0 Å². The SMILES string of the molecule is Cc1ccc(NC(N)=NCCN(C)c2ccccc2)cc1C.I. The van der Waals surface area contributed by atoms with Gasteiger partial charge in [0, 0.05) is 25.0 Å². The molecule has 0 amide bonds. The van der Waals surface area contributed by atoms with Crippen LogP contribution in [0.4, 0.5) is 11.4 Å². The maximum absolute atomic E-state index is 5.94. The lowest BCUT2D eigenvalue weighted by molar-refractivity contribution is 0.884. The molecule has 2 aromatic carbocycles. The fourth-order valence-corrected chi connectivity index (χ4v) is 2.14. The monoisotopic (exact) mass is 424 g/mol. The van der Waals surface area contributed by atoms with Crippen molar-refractivity contribution in [3.63, 3.8) is 0 Å². The Kier molecular flexibility index (Phi) is 7.88. The Balaban J connectivity index is 0.00000264. The van der Waals surface area contributed by atoms with Crippen molar-refractivity contribution in [3.05, 3.63) is 59.7 Å². The molecule has 2 rings (SSSR count). The zero-order valence-corrected chi connectivity index (χ0v) is 16.2. The number of guanidine groups is 1. The highest BCUT2D eigenvalue weighted by molar-refractivity contribution is 14.0. The Bertz CT molecular complexity index is 641. The molecule has 0 bridgehead atoms. The molecule has 0 heterocycles. The number of hydrogen-bond acceptors (Lipinski definition) is 2. The van der Waals surface area contributed by atoms with Gasteiger partial charge in [0.1, 0.15) is 0 Å². The zero-order chi connectivity index (χ0) is 15.9. The molecule has 0 aromatic heterocycles. The lowest BCUT2D eigenvalue weighted by Gasteiger charge is -2.18. The summed E-state index contributed by atoms with van der Waals surface area (Å²) >= 11 is 0. The molecule has 0 aliphatic carbocycles. The normalized spacial score (nSPS) is 10.8. The number of para-hydroxylation sites is 1. The van der Waals surface area contributed by atoms with E-state index in [0.29, 0.717) is 12.5 Å². The third-order valence-electron chi connectivity index (χ3n) is 3.69. The summed E-state index contributed by atoms with van der Waals surface area (Å²) in [5.74, 6) is 0.449. The summed E-state index contributed by atoms with van der Waals surface area (Å²) in [5.41, 5.74) is 10.6. The number of nitrogens with one attached hydrogen (secondary N) is 1. The number of aliphatic imine (C=N–C) groups is 1. The van der Waals surface area contributed by atoms with Crippen LogP contribution in [0, 0.1) is 13.8 Å². The van der Waals surface area contributed by atoms with Crippen molar-refractivity contribution in [2.45, 2.75) is 13.8 Å². The smallest absolute Gasteiger partial charge is 0.193 e. The van der Waals surface area contributed by atoms with E-state index in [1.807, 2.05) is 24.3 Å². The maximum atomic E-state index is 5.94. The van der Waals surface area contributed by atoms with Gasteiger partial charge in [-0.2, -0.15) is 0 Å². The number of rotatable bonds is 5. The van der Waals surface area contributed by atoms with E-state index in [4.69, 9.17) is 5.73 Å². The highest BCUT2D eigenvalue weighted by Crippen LogP contribution is 2.14. The lowest BCUT2D eigenvalue weighted by atomic mass is 10.1. The summed E-state index contributed by atoms with van der Waals surface area (Å²) in [7, 11) is 2.05. The van der Waals surface area contributed by atoms with Crippen LogP contribution in [-0.4, -0.2) is 26.1 Å². The molecule has 0 saturated carbocycles. The largest absolute Gasteiger partial charge is 0.373 e. The number of benzene rings is 2. The van der Waals surface area contributed by atoms with Gasteiger partial charge < -0.3 is 16.0 Å². The van der Waals surface area contributed by atoms with Gasteiger partial charge in [0.25, 0.3) is 0 Å². The minimum Gasteiger partial charge on any atom is -0.373 e. The lowest BCUT2D eigenvalue weighted by Crippen LogP contribution is -2.26. The van der Waals surface area contributed by atoms with Crippen molar-refractivity contribution >= 4 is 41.3 Å². The van der Waals surface area contributed by atoms with Gasteiger partial charge in [-0.05, 0) is 49.2 Å². The van der Waals surface area contributed by atoms with Gasteiger partial charge in [0.15, 0.2) is 5.96 Å². The van der Waals surface area contributed by atoms with E-state index in [-0.39, 0.29) is 24.0 Å². The molecule has 23 heavy (non-hydrogen) atoms. The second-order valence-electron chi connectivity index (χ2n) is 5.45. The van der Waals surface area contributed by atoms with Crippen LogP contribution in [0.15, 0.2) is 53.5 Å². The van der Waals surface area contributed by atoms with Crippen LogP contribution in [0.1, 0.15) is 11.1 Å². The van der Waals surface area contributed by atoms with Crippen molar-refractivity contribution < 1.29 is 0 Å². The molecule has 0 fully saturated rings. The van der Waals surface area contributed by atoms with Gasteiger partial charge in [0.2, 0.25) is 0 Å². The molecule has 0 aliphatic heterocycles. The molecule has 0 spiro atoms. The number of aryl methyl sites for hydroxylation is 2. The van der Waals surface area contributed by atoms with Crippen molar-refractivity contribution in [3.8, 4) is 0 Å². The average molecular weight is 424 g/mol. The van der Waals surface area contributed by atoms with E-state index in [1.165, 1.54) is 16.8 Å². The number of halogens is 1. The van der Waals surface area contributed by atoms with Gasteiger partial charge in [-0.1, -0.05) is 24.3 Å².